The Morgan fingerprint density at radius 2 is 1.95 bits per heavy atom. The van der Waals surface area contributed by atoms with Gasteiger partial charge in [0.25, 0.3) is 0 Å². The van der Waals surface area contributed by atoms with Gasteiger partial charge in [0.2, 0.25) is 0 Å². The minimum Gasteiger partial charge on any atom is -0.468 e. The Bertz CT molecular complexity index is 458. The Morgan fingerprint density at radius 1 is 1.16 bits per heavy atom. The molecule has 0 saturated heterocycles. The van der Waals surface area contributed by atoms with Gasteiger partial charge in [0.05, 0.1) is 18.1 Å². The fourth-order valence-corrected chi connectivity index (χ4v) is 2.79. The highest BCUT2D eigenvalue weighted by Crippen LogP contribution is 2.15. The van der Waals surface area contributed by atoms with E-state index in [1.807, 2.05) is 42.5 Å². The number of rotatable bonds is 7. The van der Waals surface area contributed by atoms with Gasteiger partial charge >= 0.3 is 0 Å². The molecule has 19 heavy (non-hydrogen) atoms. The summed E-state index contributed by atoms with van der Waals surface area (Å²) in [6.45, 7) is 0. The number of benzene rings is 1. The first-order chi connectivity index (χ1) is 9.25. The van der Waals surface area contributed by atoms with Crippen molar-refractivity contribution in [1.82, 2.24) is 0 Å². The van der Waals surface area contributed by atoms with E-state index in [1.165, 1.54) is 0 Å². The first-order valence-electron chi connectivity index (χ1n) is 6.33. The molecule has 0 radical (unpaired) electrons. The van der Waals surface area contributed by atoms with E-state index in [1.54, 1.807) is 18.0 Å². The fraction of sp³-hybridized carbons (Fsp3) is 0.333. The number of hydrogen-bond donors (Lipinski definition) is 2. The first kappa shape index (κ1) is 14.2. The molecular weight excluding hydrogens is 258 g/mol. The molecule has 4 heteroatoms. The minimum atomic E-state index is -0.500. The zero-order valence-corrected chi connectivity index (χ0v) is 11.6. The van der Waals surface area contributed by atoms with Crippen molar-refractivity contribution < 1.29 is 9.52 Å². The normalized spacial score (nSPS) is 14.2. The topological polar surface area (TPSA) is 59.4 Å². The summed E-state index contributed by atoms with van der Waals surface area (Å²) in [5.74, 6) is 2.31. The summed E-state index contributed by atoms with van der Waals surface area (Å²) in [5.41, 5.74) is 7.18. The molecule has 0 aliphatic carbocycles. The molecule has 0 fully saturated rings. The van der Waals surface area contributed by atoms with Gasteiger partial charge < -0.3 is 15.3 Å². The number of aliphatic hydroxyl groups excluding tert-OH is 1. The van der Waals surface area contributed by atoms with Crippen LogP contribution in [0.1, 0.15) is 11.3 Å². The summed E-state index contributed by atoms with van der Waals surface area (Å²) in [7, 11) is 0. The summed E-state index contributed by atoms with van der Waals surface area (Å²) in [6, 6.07) is 13.6. The molecule has 2 rings (SSSR count). The van der Waals surface area contributed by atoms with Gasteiger partial charge in [-0.15, -0.1) is 0 Å². The molecule has 0 amide bonds. The number of aliphatic hydroxyl groups is 1. The van der Waals surface area contributed by atoms with Gasteiger partial charge in [-0.2, -0.15) is 11.8 Å². The van der Waals surface area contributed by atoms with Crippen LogP contribution in [0, 0.1) is 0 Å². The Morgan fingerprint density at radius 3 is 2.63 bits per heavy atom. The molecule has 0 saturated carbocycles. The first-order valence-corrected chi connectivity index (χ1v) is 7.49. The van der Waals surface area contributed by atoms with Gasteiger partial charge in [-0.05, 0) is 24.1 Å². The molecule has 0 aliphatic heterocycles. The number of thioether (sulfide) groups is 1. The van der Waals surface area contributed by atoms with E-state index in [2.05, 4.69) is 0 Å². The van der Waals surface area contributed by atoms with E-state index in [-0.39, 0.29) is 6.04 Å². The third-order valence-corrected chi connectivity index (χ3v) is 3.99. The predicted octanol–water partition coefficient (Wildman–Crippen LogP) is 2.44. The lowest BCUT2D eigenvalue weighted by Gasteiger charge is -2.18. The molecule has 0 bridgehead atoms. The second-order valence-electron chi connectivity index (χ2n) is 4.52. The van der Waals surface area contributed by atoms with Crippen molar-refractivity contribution in [3.8, 4) is 0 Å². The monoisotopic (exact) mass is 277 g/mol. The van der Waals surface area contributed by atoms with E-state index in [4.69, 9.17) is 10.2 Å². The van der Waals surface area contributed by atoms with Gasteiger partial charge in [-0.1, -0.05) is 30.3 Å². The molecule has 3 nitrogen and oxygen atoms in total. The van der Waals surface area contributed by atoms with Gasteiger partial charge in [-0.3, -0.25) is 0 Å². The average Bonchev–Trinajstić information content (AvgIpc) is 2.93. The molecule has 1 aromatic carbocycles. The lowest BCUT2D eigenvalue weighted by molar-refractivity contribution is 0.167. The molecule has 102 valence electrons. The van der Waals surface area contributed by atoms with Gasteiger partial charge in [0.15, 0.2) is 0 Å². The molecule has 1 heterocycles. The molecule has 2 atom stereocenters. The maximum absolute atomic E-state index is 10.0. The second-order valence-corrected chi connectivity index (χ2v) is 5.55. The Labute approximate surface area is 117 Å². The number of nitrogens with two attached hydrogens (primary N) is 1. The molecule has 0 spiro atoms. The Balaban J connectivity index is 1.71. The van der Waals surface area contributed by atoms with Crippen molar-refractivity contribution >= 4 is 11.8 Å². The summed E-state index contributed by atoms with van der Waals surface area (Å²) >= 11 is 1.63. The number of hydrogen-bond acceptors (Lipinski definition) is 4. The van der Waals surface area contributed by atoms with Gasteiger partial charge in [0.1, 0.15) is 5.76 Å². The summed E-state index contributed by atoms with van der Waals surface area (Å²) in [6.07, 6.45) is 1.86. The highest BCUT2D eigenvalue weighted by atomic mass is 32.2. The van der Waals surface area contributed by atoms with Crippen molar-refractivity contribution in [2.24, 2.45) is 5.73 Å². The van der Waals surface area contributed by atoms with Crippen LogP contribution < -0.4 is 5.73 Å². The van der Waals surface area contributed by atoms with Crippen molar-refractivity contribution in [3.05, 3.63) is 60.1 Å². The quantitative estimate of drug-likeness (QED) is 0.816. The van der Waals surface area contributed by atoms with E-state index in [0.717, 1.165) is 17.1 Å². The molecular formula is C15H19NO2S. The zero-order valence-electron chi connectivity index (χ0n) is 10.7. The van der Waals surface area contributed by atoms with Crippen molar-refractivity contribution in [1.29, 1.82) is 0 Å². The maximum Gasteiger partial charge on any atom is 0.113 e. The summed E-state index contributed by atoms with van der Waals surface area (Å²) in [5, 5.41) is 10.0. The van der Waals surface area contributed by atoms with E-state index >= 15 is 0 Å². The average molecular weight is 277 g/mol. The van der Waals surface area contributed by atoms with E-state index in [0.29, 0.717) is 12.2 Å². The van der Waals surface area contributed by atoms with Crippen LogP contribution >= 0.6 is 11.8 Å². The molecule has 2 aromatic rings. The van der Waals surface area contributed by atoms with Crippen LogP contribution in [0.2, 0.25) is 0 Å². The third kappa shape index (κ3) is 4.74. The Kier molecular flexibility index (Phi) is 5.51. The second kappa shape index (κ2) is 7.38. The minimum absolute atomic E-state index is 0.230. The van der Waals surface area contributed by atoms with Crippen LogP contribution in [0.25, 0.3) is 0 Å². The van der Waals surface area contributed by atoms with Crippen molar-refractivity contribution in [2.75, 3.05) is 5.75 Å². The van der Waals surface area contributed by atoms with E-state index in [9.17, 15) is 5.11 Å². The van der Waals surface area contributed by atoms with Crippen LogP contribution in [-0.4, -0.2) is 23.0 Å². The van der Waals surface area contributed by atoms with Crippen LogP contribution in [-0.2, 0) is 12.2 Å². The van der Waals surface area contributed by atoms with Crippen molar-refractivity contribution in [3.63, 3.8) is 0 Å². The SMILES string of the molecule is NC(Cc1ccccc1)C(O)CSCc1ccco1. The van der Waals surface area contributed by atoms with Crippen LogP contribution in [0.3, 0.4) is 0 Å². The summed E-state index contributed by atoms with van der Waals surface area (Å²) < 4.78 is 5.24. The predicted molar refractivity (Wildman–Crippen MR) is 79.0 cm³/mol. The number of furan rings is 1. The van der Waals surface area contributed by atoms with Crippen LogP contribution in [0.4, 0.5) is 0 Å². The molecule has 1 aromatic heterocycles. The standard InChI is InChI=1S/C15H19NO2S/c16-14(9-12-5-2-1-3-6-12)15(17)11-19-10-13-7-4-8-18-13/h1-8,14-15,17H,9-11,16H2. The smallest absolute Gasteiger partial charge is 0.113 e. The van der Waals surface area contributed by atoms with Crippen LogP contribution in [0.5, 0.6) is 0 Å². The van der Waals surface area contributed by atoms with Crippen molar-refractivity contribution in [2.45, 2.75) is 24.3 Å². The lowest BCUT2D eigenvalue weighted by atomic mass is 10.0. The molecule has 3 N–H and O–H groups in total. The summed E-state index contributed by atoms with van der Waals surface area (Å²) in [4.78, 5) is 0. The highest BCUT2D eigenvalue weighted by Gasteiger charge is 2.15. The largest absolute Gasteiger partial charge is 0.468 e. The molecule has 2 unspecified atom stereocenters. The van der Waals surface area contributed by atoms with Crippen LogP contribution in [0.15, 0.2) is 53.1 Å². The lowest BCUT2D eigenvalue weighted by Crippen LogP contribution is -2.38. The van der Waals surface area contributed by atoms with Gasteiger partial charge in [0, 0.05) is 11.8 Å². The third-order valence-electron chi connectivity index (χ3n) is 2.92. The molecule has 0 aliphatic rings. The Hall–Kier alpha value is -1.23. The van der Waals surface area contributed by atoms with E-state index < -0.39 is 6.10 Å². The maximum atomic E-state index is 10.0. The zero-order chi connectivity index (χ0) is 13.5. The highest BCUT2D eigenvalue weighted by molar-refractivity contribution is 7.98. The fourth-order valence-electron chi connectivity index (χ4n) is 1.82. The van der Waals surface area contributed by atoms with Gasteiger partial charge in [-0.25, -0.2) is 0 Å².